The largest absolute Gasteiger partial charge is 0.355 e. The van der Waals surface area contributed by atoms with E-state index in [-0.39, 0.29) is 17.7 Å². The minimum Gasteiger partial charge on any atom is -0.355 e. The molecule has 0 aromatic rings. The molecular formula is C13H24N2O3S. The second-order valence-electron chi connectivity index (χ2n) is 5.80. The Bertz CT molecular complexity index is 422. The molecule has 3 unspecified atom stereocenters. The summed E-state index contributed by atoms with van der Waals surface area (Å²) in [5, 5.41) is 1.98. The third kappa shape index (κ3) is 3.69. The van der Waals surface area contributed by atoms with Gasteiger partial charge in [-0.05, 0) is 31.6 Å². The first-order valence-corrected chi connectivity index (χ1v) is 8.97. The van der Waals surface area contributed by atoms with Gasteiger partial charge in [0.05, 0.1) is 5.75 Å². The van der Waals surface area contributed by atoms with E-state index in [4.69, 9.17) is 5.73 Å². The van der Waals surface area contributed by atoms with E-state index in [1.54, 1.807) is 0 Å². The highest BCUT2D eigenvalue weighted by atomic mass is 32.2. The first-order valence-electron chi connectivity index (χ1n) is 7.25. The van der Waals surface area contributed by atoms with E-state index in [9.17, 15) is 13.2 Å². The first kappa shape index (κ1) is 14.8. The molecular weight excluding hydrogens is 264 g/mol. The van der Waals surface area contributed by atoms with Crippen LogP contribution in [0.25, 0.3) is 0 Å². The van der Waals surface area contributed by atoms with Crippen LogP contribution in [0, 0.1) is 5.92 Å². The molecule has 6 heteroatoms. The van der Waals surface area contributed by atoms with Crippen LogP contribution in [0.4, 0.5) is 0 Å². The van der Waals surface area contributed by atoms with Crippen molar-refractivity contribution in [3.63, 3.8) is 0 Å². The molecule has 2 rings (SSSR count). The fraction of sp³-hybridized carbons (Fsp3) is 0.923. The molecule has 1 amide bonds. The number of carbonyl (C=O) groups excluding carboxylic acids is 1. The average molecular weight is 288 g/mol. The topological polar surface area (TPSA) is 89.3 Å². The molecule has 0 radical (unpaired) electrons. The molecule has 3 N–H and O–H groups in total. The van der Waals surface area contributed by atoms with Gasteiger partial charge in [-0.3, -0.25) is 4.79 Å². The van der Waals surface area contributed by atoms with Crippen LogP contribution in [0.3, 0.4) is 0 Å². The molecule has 2 aliphatic rings. The number of hydrogen-bond acceptors (Lipinski definition) is 4. The van der Waals surface area contributed by atoms with Gasteiger partial charge in [0.15, 0.2) is 9.84 Å². The predicted octanol–water partition coefficient (Wildman–Crippen LogP) is 0.587. The van der Waals surface area contributed by atoms with Gasteiger partial charge in [0.2, 0.25) is 5.91 Å². The highest BCUT2D eigenvalue weighted by molar-refractivity contribution is 7.92. The molecule has 1 aliphatic heterocycles. The Morgan fingerprint density at radius 1 is 1.11 bits per heavy atom. The van der Waals surface area contributed by atoms with E-state index < -0.39 is 15.1 Å². The van der Waals surface area contributed by atoms with Crippen LogP contribution in [-0.4, -0.2) is 37.9 Å². The van der Waals surface area contributed by atoms with E-state index in [0.717, 1.165) is 32.1 Å². The normalized spacial score (nSPS) is 34.7. The molecule has 0 spiro atoms. The van der Waals surface area contributed by atoms with Crippen molar-refractivity contribution in [2.75, 3.05) is 12.3 Å². The van der Waals surface area contributed by atoms with Gasteiger partial charge >= 0.3 is 0 Å². The molecule has 1 heterocycles. The summed E-state index contributed by atoms with van der Waals surface area (Å²) in [7, 11) is -3.23. The second-order valence-corrected chi connectivity index (χ2v) is 8.11. The van der Waals surface area contributed by atoms with Gasteiger partial charge in [-0.15, -0.1) is 0 Å². The van der Waals surface area contributed by atoms with Gasteiger partial charge in [0, 0.05) is 12.6 Å². The van der Waals surface area contributed by atoms with E-state index in [0.29, 0.717) is 25.3 Å². The van der Waals surface area contributed by atoms with Crippen molar-refractivity contribution in [3.05, 3.63) is 0 Å². The van der Waals surface area contributed by atoms with Crippen LogP contribution >= 0.6 is 0 Å². The number of carbonyl (C=O) groups is 1. The van der Waals surface area contributed by atoms with Crippen molar-refractivity contribution < 1.29 is 13.2 Å². The molecule has 0 bridgehead atoms. The lowest BCUT2D eigenvalue weighted by Gasteiger charge is -2.29. The smallest absolute Gasteiger partial charge is 0.238 e. The van der Waals surface area contributed by atoms with Crippen LogP contribution in [0.1, 0.15) is 44.9 Å². The van der Waals surface area contributed by atoms with Crippen molar-refractivity contribution in [2.45, 2.75) is 56.2 Å². The van der Waals surface area contributed by atoms with Crippen LogP contribution in [0.15, 0.2) is 0 Å². The average Bonchev–Trinajstić information content (AvgIpc) is 2.37. The minimum absolute atomic E-state index is 0.136. The van der Waals surface area contributed by atoms with E-state index >= 15 is 0 Å². The third-order valence-corrected chi connectivity index (χ3v) is 6.55. The van der Waals surface area contributed by atoms with E-state index in [2.05, 4.69) is 5.32 Å². The number of nitrogens with one attached hydrogen (secondary N) is 1. The van der Waals surface area contributed by atoms with Gasteiger partial charge in [0.25, 0.3) is 0 Å². The number of nitrogens with two attached hydrogens (primary N) is 1. The zero-order valence-electron chi connectivity index (χ0n) is 11.3. The van der Waals surface area contributed by atoms with E-state index in [1.165, 1.54) is 0 Å². The van der Waals surface area contributed by atoms with Crippen molar-refractivity contribution in [3.8, 4) is 0 Å². The quantitative estimate of drug-likeness (QED) is 0.795. The summed E-state index contributed by atoms with van der Waals surface area (Å²) in [6.07, 6.45) is 6.30. The summed E-state index contributed by atoms with van der Waals surface area (Å²) in [5.74, 6) is 0.120. The standard InChI is InChI=1S/C13H24N2O3S/c14-11-6-2-1-5-10(11)9-15-13(16)12-7-3-4-8-19(12,17)18/h10-12H,1-9,14H2,(H,15,16). The van der Waals surface area contributed by atoms with Gasteiger partial charge < -0.3 is 11.1 Å². The molecule has 0 aromatic carbocycles. The summed E-state index contributed by atoms with van der Waals surface area (Å²) >= 11 is 0. The maximum atomic E-state index is 12.0. The van der Waals surface area contributed by atoms with Gasteiger partial charge in [0.1, 0.15) is 5.25 Å². The zero-order chi connectivity index (χ0) is 13.9. The molecule has 1 saturated carbocycles. The molecule has 19 heavy (non-hydrogen) atoms. The second kappa shape index (κ2) is 6.22. The Hall–Kier alpha value is -0.620. The van der Waals surface area contributed by atoms with Crippen LogP contribution < -0.4 is 11.1 Å². The Balaban J connectivity index is 1.86. The maximum absolute atomic E-state index is 12.0. The Morgan fingerprint density at radius 2 is 1.79 bits per heavy atom. The van der Waals surface area contributed by atoms with E-state index in [1.807, 2.05) is 0 Å². The molecule has 0 aromatic heterocycles. The fourth-order valence-corrected chi connectivity index (χ4v) is 4.91. The van der Waals surface area contributed by atoms with Crippen molar-refractivity contribution >= 4 is 15.7 Å². The Morgan fingerprint density at radius 3 is 2.47 bits per heavy atom. The minimum atomic E-state index is -3.23. The summed E-state index contributed by atoms with van der Waals surface area (Å²) in [5.41, 5.74) is 6.03. The summed E-state index contributed by atoms with van der Waals surface area (Å²) < 4.78 is 23.7. The monoisotopic (exact) mass is 288 g/mol. The van der Waals surface area contributed by atoms with Gasteiger partial charge in [-0.1, -0.05) is 19.3 Å². The molecule has 1 saturated heterocycles. The zero-order valence-corrected chi connectivity index (χ0v) is 12.1. The molecule has 1 aliphatic carbocycles. The lowest BCUT2D eigenvalue weighted by Crippen LogP contribution is -2.47. The third-order valence-electron chi connectivity index (χ3n) is 4.38. The highest BCUT2D eigenvalue weighted by Crippen LogP contribution is 2.23. The lowest BCUT2D eigenvalue weighted by atomic mass is 9.85. The summed E-state index contributed by atoms with van der Waals surface area (Å²) in [4.78, 5) is 12.0. The maximum Gasteiger partial charge on any atom is 0.238 e. The van der Waals surface area contributed by atoms with Gasteiger partial charge in [-0.2, -0.15) is 0 Å². The number of rotatable bonds is 3. The van der Waals surface area contributed by atoms with Crippen LogP contribution in [0.2, 0.25) is 0 Å². The SMILES string of the molecule is NC1CCCCC1CNC(=O)C1CCCCS1(=O)=O. The molecule has 110 valence electrons. The fourth-order valence-electron chi connectivity index (χ4n) is 3.08. The first-order chi connectivity index (χ1) is 9.00. The van der Waals surface area contributed by atoms with Crippen molar-refractivity contribution in [1.82, 2.24) is 5.32 Å². The van der Waals surface area contributed by atoms with Crippen LogP contribution in [-0.2, 0) is 14.6 Å². The number of hydrogen-bond donors (Lipinski definition) is 2. The lowest BCUT2D eigenvalue weighted by molar-refractivity contribution is -0.121. The number of sulfone groups is 1. The Kier molecular flexibility index (Phi) is 4.84. The molecule has 3 atom stereocenters. The van der Waals surface area contributed by atoms with Crippen molar-refractivity contribution in [1.29, 1.82) is 0 Å². The molecule has 5 nitrogen and oxygen atoms in total. The Labute approximate surface area is 115 Å². The predicted molar refractivity (Wildman–Crippen MR) is 74.4 cm³/mol. The van der Waals surface area contributed by atoms with Crippen molar-refractivity contribution in [2.24, 2.45) is 11.7 Å². The highest BCUT2D eigenvalue weighted by Gasteiger charge is 2.35. The number of amides is 1. The molecule has 2 fully saturated rings. The summed E-state index contributed by atoms with van der Waals surface area (Å²) in [6.45, 7) is 0.520. The van der Waals surface area contributed by atoms with Crippen LogP contribution in [0.5, 0.6) is 0 Å². The van der Waals surface area contributed by atoms with Gasteiger partial charge in [-0.25, -0.2) is 8.42 Å². The summed E-state index contributed by atoms with van der Waals surface area (Å²) in [6, 6.07) is 0.136.